The van der Waals surface area contributed by atoms with Crippen LogP contribution < -0.4 is 0 Å². The molecule has 0 N–H and O–H groups in total. The van der Waals surface area contributed by atoms with Crippen LogP contribution in [0.4, 0.5) is 0 Å². The van der Waals surface area contributed by atoms with Gasteiger partial charge < -0.3 is 4.42 Å². The molecule has 308 valence electrons. The first-order valence-electron chi connectivity index (χ1n) is 22.5. The van der Waals surface area contributed by atoms with Gasteiger partial charge in [0, 0.05) is 59.5 Å². The molecule has 4 nitrogen and oxygen atoms in total. The van der Waals surface area contributed by atoms with Gasteiger partial charge in [0.15, 0.2) is 17.5 Å². The van der Waals surface area contributed by atoms with Crippen molar-refractivity contribution >= 4 is 64.2 Å². The molecule has 0 fully saturated rings. The molecule has 2 atom stereocenters. The summed E-state index contributed by atoms with van der Waals surface area (Å²) in [5, 5.41) is 7.29. The van der Waals surface area contributed by atoms with Gasteiger partial charge in [0.05, 0.1) is 0 Å². The standard InChI is InChI=1S/C61H37N3OS/c1-2-13-37(14-3-1)59-62-60(41-16-10-15-38(32-41)39-24-28-49-47-20-7-6-18-45(47)46-19-8-9-21-48(46)51(49)33-39)64-61(63-59)42-25-29-50-54(35-42)65-53-23-11-22-44(57(50)53)40-27-30-55-52(34-40)58-43-17-5-4-12-36(43)26-31-56(58)66-55/h1-35,46,48H. The number of thiophene rings is 1. The van der Waals surface area contributed by atoms with Gasteiger partial charge in [-0.2, -0.15) is 0 Å². The lowest BCUT2D eigenvalue weighted by Gasteiger charge is -2.34. The molecular weight excluding hydrogens is 823 g/mol. The van der Waals surface area contributed by atoms with Crippen LogP contribution in [0.1, 0.15) is 23.0 Å². The number of furan rings is 1. The smallest absolute Gasteiger partial charge is 0.164 e. The van der Waals surface area contributed by atoms with E-state index in [2.05, 4.69) is 194 Å². The van der Waals surface area contributed by atoms with E-state index in [9.17, 15) is 0 Å². The quantitative estimate of drug-likeness (QED) is 0.173. The fourth-order valence-corrected chi connectivity index (χ4v) is 11.7. The van der Waals surface area contributed by atoms with Gasteiger partial charge in [-0.15, -0.1) is 11.3 Å². The SMILES string of the molecule is C1=CC2c3ccccc3-c3ccc(-c4cccc(-c5nc(-c6ccccc6)nc(-c6ccc7c(c6)oc6cccc(-c8ccc9sc%10ccc%11ccccc%11c%10c9c8)c67)n5)c4)cc3C2C=C1. The molecule has 0 saturated heterocycles. The summed E-state index contributed by atoms with van der Waals surface area (Å²) in [6.07, 6.45) is 9.07. The largest absolute Gasteiger partial charge is 0.456 e. The Morgan fingerprint density at radius 1 is 0.364 bits per heavy atom. The van der Waals surface area contributed by atoms with Gasteiger partial charge in [-0.3, -0.25) is 0 Å². The number of aromatic nitrogens is 3. The van der Waals surface area contributed by atoms with Crippen molar-refractivity contribution in [1.82, 2.24) is 15.0 Å². The minimum atomic E-state index is 0.288. The maximum absolute atomic E-state index is 6.69. The lowest BCUT2D eigenvalue weighted by atomic mass is 9.69. The predicted molar refractivity (Wildman–Crippen MR) is 274 cm³/mol. The highest BCUT2D eigenvalue weighted by atomic mass is 32.1. The number of nitrogens with zero attached hydrogens (tertiary/aromatic N) is 3. The van der Waals surface area contributed by atoms with Gasteiger partial charge in [-0.25, -0.2) is 15.0 Å². The van der Waals surface area contributed by atoms with E-state index in [0.29, 0.717) is 23.4 Å². The van der Waals surface area contributed by atoms with Gasteiger partial charge in [0.1, 0.15) is 11.2 Å². The lowest BCUT2D eigenvalue weighted by Crippen LogP contribution is -2.16. The van der Waals surface area contributed by atoms with Gasteiger partial charge in [-0.05, 0) is 104 Å². The number of hydrogen-bond donors (Lipinski definition) is 0. The lowest BCUT2D eigenvalue weighted by molar-refractivity contribution is 0.669. The summed E-state index contributed by atoms with van der Waals surface area (Å²) in [6.45, 7) is 0. The summed E-state index contributed by atoms with van der Waals surface area (Å²) in [7, 11) is 0. The van der Waals surface area contributed by atoms with Crippen molar-refractivity contribution in [2.75, 3.05) is 0 Å². The third-order valence-electron chi connectivity index (χ3n) is 13.7. The predicted octanol–water partition coefficient (Wildman–Crippen LogP) is 16.6. The van der Waals surface area contributed by atoms with Crippen LogP contribution in [-0.2, 0) is 0 Å². The molecule has 3 heterocycles. The highest BCUT2D eigenvalue weighted by Crippen LogP contribution is 2.50. The van der Waals surface area contributed by atoms with Crippen molar-refractivity contribution in [2.24, 2.45) is 0 Å². The molecule has 2 unspecified atom stereocenters. The van der Waals surface area contributed by atoms with Crippen LogP contribution in [0.3, 0.4) is 0 Å². The van der Waals surface area contributed by atoms with Crippen molar-refractivity contribution in [1.29, 1.82) is 0 Å². The minimum Gasteiger partial charge on any atom is -0.456 e. The van der Waals surface area contributed by atoms with Crippen molar-refractivity contribution in [3.05, 3.63) is 223 Å². The molecule has 3 aromatic heterocycles. The molecule has 0 aliphatic heterocycles. The Morgan fingerprint density at radius 3 is 1.91 bits per heavy atom. The third-order valence-corrected chi connectivity index (χ3v) is 14.8. The van der Waals surface area contributed by atoms with Crippen LogP contribution in [0.15, 0.2) is 217 Å². The van der Waals surface area contributed by atoms with Crippen LogP contribution in [0.2, 0.25) is 0 Å². The Hall–Kier alpha value is -8.25. The molecule has 0 amide bonds. The molecule has 0 saturated carbocycles. The minimum absolute atomic E-state index is 0.288. The first-order chi connectivity index (χ1) is 32.7. The van der Waals surface area contributed by atoms with E-state index in [4.69, 9.17) is 19.4 Å². The second kappa shape index (κ2) is 14.6. The van der Waals surface area contributed by atoms with Crippen molar-refractivity contribution < 1.29 is 4.42 Å². The number of fused-ring (bicyclic) bond motifs is 14. The van der Waals surface area contributed by atoms with E-state index < -0.39 is 0 Å². The van der Waals surface area contributed by atoms with Crippen molar-refractivity contribution in [2.45, 2.75) is 11.8 Å². The average molecular weight is 860 g/mol. The van der Waals surface area contributed by atoms with E-state index in [1.54, 1.807) is 0 Å². The normalized spacial score (nSPS) is 15.2. The Labute approximate surface area is 384 Å². The molecule has 9 aromatic carbocycles. The molecular formula is C61H37N3OS. The first-order valence-corrected chi connectivity index (χ1v) is 23.3. The number of hydrogen-bond acceptors (Lipinski definition) is 5. The van der Waals surface area contributed by atoms with Crippen LogP contribution in [0, 0.1) is 0 Å². The van der Waals surface area contributed by atoms with Gasteiger partial charge in [0.2, 0.25) is 0 Å². The monoisotopic (exact) mass is 859 g/mol. The van der Waals surface area contributed by atoms with Crippen molar-refractivity contribution in [3.63, 3.8) is 0 Å². The summed E-state index contributed by atoms with van der Waals surface area (Å²) in [4.78, 5) is 15.4. The van der Waals surface area contributed by atoms with Crippen LogP contribution in [0.5, 0.6) is 0 Å². The van der Waals surface area contributed by atoms with E-state index in [1.807, 2.05) is 29.5 Å². The van der Waals surface area contributed by atoms with E-state index in [0.717, 1.165) is 55.3 Å². The first kappa shape index (κ1) is 37.2. The molecule has 0 spiro atoms. The van der Waals surface area contributed by atoms with Crippen LogP contribution >= 0.6 is 11.3 Å². The maximum atomic E-state index is 6.69. The number of benzene rings is 9. The zero-order valence-electron chi connectivity index (χ0n) is 35.5. The summed E-state index contributed by atoms with van der Waals surface area (Å²) >= 11 is 1.85. The number of rotatable bonds is 5. The van der Waals surface area contributed by atoms with E-state index in [1.165, 1.54) is 58.8 Å². The fraction of sp³-hybridized carbons (Fsp3) is 0.0328. The highest BCUT2D eigenvalue weighted by molar-refractivity contribution is 7.26. The Balaban J connectivity index is 0.870. The molecule has 2 aliphatic rings. The van der Waals surface area contributed by atoms with Crippen molar-refractivity contribution in [3.8, 4) is 67.5 Å². The van der Waals surface area contributed by atoms with Gasteiger partial charge in [0.25, 0.3) is 0 Å². The summed E-state index contributed by atoms with van der Waals surface area (Å²) in [5.41, 5.74) is 14.3. The maximum Gasteiger partial charge on any atom is 0.164 e. The van der Waals surface area contributed by atoms with E-state index >= 15 is 0 Å². The third kappa shape index (κ3) is 5.87. The Bertz CT molecular complexity index is 4030. The summed E-state index contributed by atoms with van der Waals surface area (Å²) in [5.74, 6) is 2.43. The van der Waals surface area contributed by atoms with E-state index in [-0.39, 0.29) is 5.92 Å². The van der Waals surface area contributed by atoms with Gasteiger partial charge >= 0.3 is 0 Å². The Morgan fingerprint density at radius 2 is 1.02 bits per heavy atom. The molecule has 14 rings (SSSR count). The molecule has 2 aliphatic carbocycles. The Kier molecular flexibility index (Phi) is 8.24. The molecule has 66 heavy (non-hydrogen) atoms. The second-order valence-electron chi connectivity index (χ2n) is 17.4. The van der Waals surface area contributed by atoms with Crippen LogP contribution in [0.25, 0.3) is 120 Å². The zero-order chi connectivity index (χ0) is 43.3. The summed E-state index contributed by atoms with van der Waals surface area (Å²) in [6, 6.07) is 67.3. The molecule has 0 bridgehead atoms. The molecule has 12 aromatic rings. The van der Waals surface area contributed by atoms with Crippen LogP contribution in [-0.4, -0.2) is 15.0 Å². The molecule has 0 radical (unpaired) electrons. The highest BCUT2D eigenvalue weighted by Gasteiger charge is 2.32. The molecule has 5 heteroatoms. The second-order valence-corrected chi connectivity index (χ2v) is 18.5. The number of allylic oxidation sites excluding steroid dienone is 4. The van der Waals surface area contributed by atoms with Gasteiger partial charge in [-0.1, -0.05) is 164 Å². The summed E-state index contributed by atoms with van der Waals surface area (Å²) < 4.78 is 9.28. The average Bonchev–Trinajstić information content (AvgIpc) is 3.97. The topological polar surface area (TPSA) is 51.8 Å². The zero-order valence-corrected chi connectivity index (χ0v) is 36.3. The fourth-order valence-electron chi connectivity index (χ4n) is 10.6.